The highest BCUT2D eigenvalue weighted by atomic mass is 15.2. The maximum atomic E-state index is 5.60. The first-order chi connectivity index (χ1) is 4.59. The molecule has 0 aromatic carbocycles. The highest BCUT2D eigenvalue weighted by molar-refractivity contribution is 5.77. The molecular weight excluding hydrogens is 126 g/mol. The highest BCUT2D eigenvalue weighted by Crippen LogP contribution is 1.91. The molecule has 0 amide bonds. The lowest BCUT2D eigenvalue weighted by Crippen LogP contribution is -2.38. The molecule has 0 aliphatic carbocycles. The molecule has 2 N–H and O–H groups in total. The standard InChI is InChI=1S/C7H17N3/c1-5-9-7(8)10(4)6(2)3/h6H,5H2,1-4H3,(H2,8,9). The molecule has 0 aliphatic rings. The van der Waals surface area contributed by atoms with Gasteiger partial charge in [0.1, 0.15) is 0 Å². The zero-order valence-electron chi connectivity index (χ0n) is 7.26. The van der Waals surface area contributed by atoms with Gasteiger partial charge in [0.05, 0.1) is 0 Å². The largest absolute Gasteiger partial charge is 0.370 e. The van der Waals surface area contributed by atoms with E-state index in [1.807, 2.05) is 18.9 Å². The first kappa shape index (κ1) is 9.27. The van der Waals surface area contributed by atoms with Crippen molar-refractivity contribution in [3.05, 3.63) is 0 Å². The number of rotatable bonds is 2. The number of nitrogens with zero attached hydrogens (tertiary/aromatic N) is 2. The van der Waals surface area contributed by atoms with Gasteiger partial charge in [0.2, 0.25) is 0 Å². The quantitative estimate of drug-likeness (QED) is 0.456. The number of aliphatic imine (C=N–C) groups is 1. The lowest BCUT2D eigenvalue weighted by atomic mass is 10.4. The van der Waals surface area contributed by atoms with Gasteiger partial charge in [-0.15, -0.1) is 0 Å². The minimum absolute atomic E-state index is 0.426. The fraction of sp³-hybridized carbons (Fsp3) is 0.857. The van der Waals surface area contributed by atoms with Crippen LogP contribution in [0.4, 0.5) is 0 Å². The minimum Gasteiger partial charge on any atom is -0.370 e. The van der Waals surface area contributed by atoms with Crippen molar-refractivity contribution in [2.45, 2.75) is 26.8 Å². The van der Waals surface area contributed by atoms with Gasteiger partial charge in [-0.2, -0.15) is 0 Å². The first-order valence-electron chi connectivity index (χ1n) is 3.62. The van der Waals surface area contributed by atoms with Gasteiger partial charge in [-0.05, 0) is 20.8 Å². The summed E-state index contributed by atoms with van der Waals surface area (Å²) >= 11 is 0. The van der Waals surface area contributed by atoms with Crippen molar-refractivity contribution < 1.29 is 0 Å². The van der Waals surface area contributed by atoms with Crippen LogP contribution in [0.25, 0.3) is 0 Å². The fourth-order valence-electron chi connectivity index (χ4n) is 0.538. The molecule has 3 nitrogen and oxygen atoms in total. The third-order valence-electron chi connectivity index (χ3n) is 1.46. The third-order valence-corrected chi connectivity index (χ3v) is 1.46. The molecule has 0 saturated heterocycles. The van der Waals surface area contributed by atoms with E-state index in [0.29, 0.717) is 12.0 Å². The SMILES string of the molecule is CCN=C(N)N(C)C(C)C. The number of hydrogen-bond acceptors (Lipinski definition) is 1. The van der Waals surface area contributed by atoms with Crippen LogP contribution < -0.4 is 5.73 Å². The summed E-state index contributed by atoms with van der Waals surface area (Å²) in [6, 6.07) is 0.426. The maximum Gasteiger partial charge on any atom is 0.191 e. The van der Waals surface area contributed by atoms with Crippen LogP contribution >= 0.6 is 0 Å². The van der Waals surface area contributed by atoms with Crippen molar-refractivity contribution >= 4 is 5.96 Å². The highest BCUT2D eigenvalue weighted by Gasteiger charge is 2.03. The van der Waals surface area contributed by atoms with Crippen molar-refractivity contribution in [3.8, 4) is 0 Å². The predicted molar refractivity (Wildman–Crippen MR) is 45.1 cm³/mol. The van der Waals surface area contributed by atoms with E-state index in [1.54, 1.807) is 0 Å². The maximum absolute atomic E-state index is 5.60. The van der Waals surface area contributed by atoms with Crippen molar-refractivity contribution in [2.24, 2.45) is 10.7 Å². The van der Waals surface area contributed by atoms with Crippen LogP contribution in [-0.4, -0.2) is 30.5 Å². The molecule has 0 fully saturated rings. The van der Waals surface area contributed by atoms with Crippen molar-refractivity contribution in [1.29, 1.82) is 0 Å². The van der Waals surface area contributed by atoms with E-state index in [9.17, 15) is 0 Å². The Morgan fingerprint density at radius 1 is 1.60 bits per heavy atom. The summed E-state index contributed by atoms with van der Waals surface area (Å²) in [6.45, 7) is 6.89. The van der Waals surface area contributed by atoms with E-state index in [4.69, 9.17) is 5.73 Å². The average Bonchev–Trinajstić information content (AvgIpc) is 1.87. The van der Waals surface area contributed by atoms with E-state index in [0.717, 1.165) is 6.54 Å². The van der Waals surface area contributed by atoms with E-state index in [-0.39, 0.29) is 0 Å². The molecule has 0 aromatic heterocycles. The third kappa shape index (κ3) is 2.71. The van der Waals surface area contributed by atoms with Crippen molar-refractivity contribution in [3.63, 3.8) is 0 Å². The summed E-state index contributed by atoms with van der Waals surface area (Å²) in [6.07, 6.45) is 0. The number of hydrogen-bond donors (Lipinski definition) is 1. The molecule has 60 valence electrons. The second kappa shape index (κ2) is 4.14. The Labute approximate surface area is 62.9 Å². The lowest BCUT2D eigenvalue weighted by Gasteiger charge is -2.21. The summed E-state index contributed by atoms with van der Waals surface area (Å²) in [4.78, 5) is 6.01. The van der Waals surface area contributed by atoms with E-state index in [1.165, 1.54) is 0 Å². The fourth-order valence-corrected chi connectivity index (χ4v) is 0.538. The van der Waals surface area contributed by atoms with Crippen LogP contribution in [0.15, 0.2) is 4.99 Å². The van der Waals surface area contributed by atoms with E-state index >= 15 is 0 Å². The Morgan fingerprint density at radius 3 is 2.40 bits per heavy atom. The number of guanidine groups is 1. The Hall–Kier alpha value is -0.730. The van der Waals surface area contributed by atoms with Crippen LogP contribution in [0.2, 0.25) is 0 Å². The molecule has 0 aliphatic heterocycles. The van der Waals surface area contributed by atoms with Crippen molar-refractivity contribution in [2.75, 3.05) is 13.6 Å². The molecule has 0 unspecified atom stereocenters. The van der Waals surface area contributed by atoms with Crippen LogP contribution in [0, 0.1) is 0 Å². The van der Waals surface area contributed by atoms with Crippen LogP contribution in [0.1, 0.15) is 20.8 Å². The number of nitrogens with two attached hydrogens (primary N) is 1. The molecule has 0 rings (SSSR count). The molecule has 0 atom stereocenters. The second-order valence-corrected chi connectivity index (χ2v) is 2.54. The molecule has 0 spiro atoms. The van der Waals surface area contributed by atoms with Crippen LogP contribution in [0.5, 0.6) is 0 Å². The second-order valence-electron chi connectivity index (χ2n) is 2.54. The van der Waals surface area contributed by atoms with Crippen molar-refractivity contribution in [1.82, 2.24) is 4.90 Å². The Kier molecular flexibility index (Phi) is 3.84. The smallest absolute Gasteiger partial charge is 0.191 e. The molecule has 0 bridgehead atoms. The zero-order chi connectivity index (χ0) is 8.15. The van der Waals surface area contributed by atoms with Gasteiger partial charge in [-0.1, -0.05) is 0 Å². The summed E-state index contributed by atoms with van der Waals surface area (Å²) in [5, 5.41) is 0. The molecule has 10 heavy (non-hydrogen) atoms. The molecule has 0 aromatic rings. The monoisotopic (exact) mass is 143 g/mol. The Balaban J connectivity index is 3.93. The summed E-state index contributed by atoms with van der Waals surface area (Å²) in [5.41, 5.74) is 5.60. The zero-order valence-corrected chi connectivity index (χ0v) is 7.26. The molecule has 0 heterocycles. The molecule has 0 radical (unpaired) electrons. The van der Waals surface area contributed by atoms with Gasteiger partial charge in [-0.3, -0.25) is 4.99 Å². The van der Waals surface area contributed by atoms with Gasteiger partial charge >= 0.3 is 0 Å². The average molecular weight is 143 g/mol. The van der Waals surface area contributed by atoms with Gasteiger partial charge < -0.3 is 10.6 Å². The molecule has 0 saturated carbocycles. The Morgan fingerprint density at radius 2 is 2.10 bits per heavy atom. The van der Waals surface area contributed by atoms with E-state index < -0.39 is 0 Å². The predicted octanol–water partition coefficient (Wildman–Crippen LogP) is 0.661. The molecule has 3 heteroatoms. The van der Waals surface area contributed by atoms with Gasteiger partial charge in [0.15, 0.2) is 5.96 Å². The van der Waals surface area contributed by atoms with Gasteiger partial charge in [0, 0.05) is 19.6 Å². The Bertz CT molecular complexity index is 118. The normalized spacial score (nSPS) is 12.3. The van der Waals surface area contributed by atoms with Crippen LogP contribution in [-0.2, 0) is 0 Å². The topological polar surface area (TPSA) is 41.6 Å². The summed E-state index contributed by atoms with van der Waals surface area (Å²) < 4.78 is 0. The van der Waals surface area contributed by atoms with Gasteiger partial charge in [-0.25, -0.2) is 0 Å². The first-order valence-corrected chi connectivity index (χ1v) is 3.62. The molecular formula is C7H17N3. The summed E-state index contributed by atoms with van der Waals surface area (Å²) in [5.74, 6) is 0.623. The van der Waals surface area contributed by atoms with Crippen LogP contribution in [0.3, 0.4) is 0 Å². The lowest BCUT2D eigenvalue weighted by molar-refractivity contribution is 0.412. The summed E-state index contributed by atoms with van der Waals surface area (Å²) in [7, 11) is 1.94. The minimum atomic E-state index is 0.426. The van der Waals surface area contributed by atoms with Gasteiger partial charge in [0.25, 0.3) is 0 Å². The van der Waals surface area contributed by atoms with E-state index in [2.05, 4.69) is 18.8 Å².